The average Bonchev–Trinajstić information content (AvgIpc) is 3.11. The molecule has 2 N–H and O–H groups in total. The van der Waals surface area contributed by atoms with Crippen LogP contribution in [0.5, 0.6) is 0 Å². The summed E-state index contributed by atoms with van der Waals surface area (Å²) in [6.45, 7) is 3.21. The Morgan fingerprint density at radius 1 is 1.10 bits per heavy atom. The maximum atomic E-state index is 12.5. The monoisotopic (exact) mass is 447 g/mol. The normalized spacial score (nSPS) is 15.9. The SMILES string of the molecule is CCCCN1CC(C(=O)Nc2ccc(C(=O)Nc3cccc(Cl)c3Cl)cc2)CC1=O. The Hall–Kier alpha value is -2.57. The first-order valence-electron chi connectivity index (χ1n) is 9.83. The van der Waals surface area contributed by atoms with Gasteiger partial charge in [-0.1, -0.05) is 42.6 Å². The molecule has 1 aliphatic heterocycles. The predicted octanol–water partition coefficient (Wildman–Crippen LogP) is 4.83. The van der Waals surface area contributed by atoms with Gasteiger partial charge in [-0.3, -0.25) is 14.4 Å². The summed E-state index contributed by atoms with van der Waals surface area (Å²) in [7, 11) is 0. The number of unbranched alkanes of at least 4 members (excludes halogenated alkanes) is 1. The summed E-state index contributed by atoms with van der Waals surface area (Å²) in [6.07, 6.45) is 2.17. The van der Waals surface area contributed by atoms with Gasteiger partial charge in [0.2, 0.25) is 11.8 Å². The molecule has 0 aromatic heterocycles. The van der Waals surface area contributed by atoms with Crippen molar-refractivity contribution < 1.29 is 14.4 Å². The molecule has 1 saturated heterocycles. The second-order valence-electron chi connectivity index (χ2n) is 7.22. The highest BCUT2D eigenvalue weighted by atomic mass is 35.5. The number of nitrogens with one attached hydrogen (secondary N) is 2. The first-order chi connectivity index (χ1) is 14.4. The standard InChI is InChI=1S/C22H23Cl2N3O3/c1-2-3-11-27-13-15(12-19(27)28)22(30)25-16-9-7-14(8-10-16)21(29)26-18-6-4-5-17(23)20(18)24/h4-10,15H,2-3,11-13H2,1H3,(H,25,30)(H,26,29). The number of benzene rings is 2. The maximum absolute atomic E-state index is 12.5. The summed E-state index contributed by atoms with van der Waals surface area (Å²) in [5.41, 5.74) is 1.40. The van der Waals surface area contributed by atoms with Crippen LogP contribution in [0.1, 0.15) is 36.5 Å². The van der Waals surface area contributed by atoms with Gasteiger partial charge in [0.25, 0.3) is 5.91 Å². The molecular weight excluding hydrogens is 425 g/mol. The fourth-order valence-corrected chi connectivity index (χ4v) is 3.60. The minimum Gasteiger partial charge on any atom is -0.342 e. The highest BCUT2D eigenvalue weighted by molar-refractivity contribution is 6.44. The lowest BCUT2D eigenvalue weighted by Crippen LogP contribution is -2.29. The van der Waals surface area contributed by atoms with Crippen molar-refractivity contribution in [3.8, 4) is 0 Å². The lowest BCUT2D eigenvalue weighted by atomic mass is 10.1. The fourth-order valence-electron chi connectivity index (χ4n) is 3.26. The fraction of sp³-hybridized carbons (Fsp3) is 0.318. The molecule has 30 heavy (non-hydrogen) atoms. The molecule has 0 aliphatic carbocycles. The van der Waals surface area contributed by atoms with Crippen molar-refractivity contribution in [3.63, 3.8) is 0 Å². The van der Waals surface area contributed by atoms with E-state index in [2.05, 4.69) is 17.6 Å². The second kappa shape index (κ2) is 9.96. The van der Waals surface area contributed by atoms with Gasteiger partial charge in [0, 0.05) is 30.8 Å². The molecule has 3 rings (SSSR count). The molecule has 1 aliphatic rings. The Bertz CT molecular complexity index is 947. The zero-order valence-electron chi connectivity index (χ0n) is 16.6. The summed E-state index contributed by atoms with van der Waals surface area (Å²) < 4.78 is 0. The number of hydrogen-bond acceptors (Lipinski definition) is 3. The quantitative estimate of drug-likeness (QED) is 0.637. The molecule has 0 bridgehead atoms. The highest BCUT2D eigenvalue weighted by Gasteiger charge is 2.33. The molecule has 2 aromatic rings. The van der Waals surface area contributed by atoms with E-state index in [9.17, 15) is 14.4 Å². The third kappa shape index (κ3) is 5.32. The van der Waals surface area contributed by atoms with Gasteiger partial charge in [-0.25, -0.2) is 0 Å². The number of carbonyl (C=O) groups is 3. The van der Waals surface area contributed by atoms with Gasteiger partial charge < -0.3 is 15.5 Å². The minimum atomic E-state index is -0.359. The molecule has 3 amide bonds. The van der Waals surface area contributed by atoms with Gasteiger partial charge in [0.1, 0.15) is 0 Å². The molecule has 1 unspecified atom stereocenters. The van der Waals surface area contributed by atoms with Gasteiger partial charge in [0.15, 0.2) is 0 Å². The third-order valence-electron chi connectivity index (χ3n) is 4.98. The summed E-state index contributed by atoms with van der Waals surface area (Å²) in [5.74, 6) is -0.868. The molecule has 2 aromatic carbocycles. The highest BCUT2D eigenvalue weighted by Crippen LogP contribution is 2.30. The van der Waals surface area contributed by atoms with Crippen molar-refractivity contribution in [2.45, 2.75) is 26.2 Å². The van der Waals surface area contributed by atoms with Crippen LogP contribution in [0, 0.1) is 5.92 Å². The van der Waals surface area contributed by atoms with E-state index in [0.29, 0.717) is 35.1 Å². The second-order valence-corrected chi connectivity index (χ2v) is 8.00. The van der Waals surface area contributed by atoms with Crippen LogP contribution < -0.4 is 10.6 Å². The van der Waals surface area contributed by atoms with Gasteiger partial charge in [-0.15, -0.1) is 0 Å². The Balaban J connectivity index is 1.58. The van der Waals surface area contributed by atoms with Gasteiger partial charge in [-0.05, 0) is 42.8 Å². The third-order valence-corrected chi connectivity index (χ3v) is 5.80. The van der Waals surface area contributed by atoms with Crippen molar-refractivity contribution in [3.05, 3.63) is 58.1 Å². The molecular formula is C22H23Cl2N3O3. The van der Waals surface area contributed by atoms with Crippen molar-refractivity contribution in [2.75, 3.05) is 23.7 Å². The maximum Gasteiger partial charge on any atom is 0.255 e. The predicted molar refractivity (Wildman–Crippen MR) is 119 cm³/mol. The Morgan fingerprint density at radius 2 is 1.83 bits per heavy atom. The van der Waals surface area contributed by atoms with Crippen LogP contribution in [-0.4, -0.2) is 35.7 Å². The number of hydrogen-bond donors (Lipinski definition) is 2. The van der Waals surface area contributed by atoms with Crippen molar-refractivity contribution in [1.29, 1.82) is 0 Å². The van der Waals surface area contributed by atoms with Crippen LogP contribution >= 0.6 is 23.2 Å². The first kappa shape index (κ1) is 22.1. The Labute approximate surface area is 185 Å². The summed E-state index contributed by atoms with van der Waals surface area (Å²) >= 11 is 12.1. The zero-order chi connectivity index (χ0) is 21.7. The first-order valence-corrected chi connectivity index (χ1v) is 10.6. The summed E-state index contributed by atoms with van der Waals surface area (Å²) in [4.78, 5) is 38.7. The molecule has 8 heteroatoms. The lowest BCUT2D eigenvalue weighted by molar-refractivity contribution is -0.128. The number of likely N-dealkylation sites (tertiary alicyclic amines) is 1. The van der Waals surface area contributed by atoms with Gasteiger partial charge in [0.05, 0.1) is 21.7 Å². The smallest absolute Gasteiger partial charge is 0.255 e. The van der Waals surface area contributed by atoms with Crippen molar-refractivity contribution in [2.24, 2.45) is 5.92 Å². The van der Waals surface area contributed by atoms with E-state index in [0.717, 1.165) is 12.8 Å². The molecule has 0 spiro atoms. The Kier molecular flexibility index (Phi) is 7.34. The van der Waals surface area contributed by atoms with Crippen LogP contribution in [0.25, 0.3) is 0 Å². The summed E-state index contributed by atoms with van der Waals surface area (Å²) in [6, 6.07) is 11.5. The van der Waals surface area contributed by atoms with Gasteiger partial charge in [-0.2, -0.15) is 0 Å². The van der Waals surface area contributed by atoms with Crippen molar-refractivity contribution in [1.82, 2.24) is 4.90 Å². The van der Waals surface area contributed by atoms with Crippen LogP contribution in [0.4, 0.5) is 11.4 Å². The Morgan fingerprint density at radius 3 is 2.53 bits per heavy atom. The summed E-state index contributed by atoms with van der Waals surface area (Å²) in [5, 5.41) is 6.17. The van der Waals surface area contributed by atoms with Crippen LogP contribution in [0.15, 0.2) is 42.5 Å². The number of nitrogens with zero attached hydrogens (tertiary/aromatic N) is 1. The van der Waals surface area contributed by atoms with Crippen molar-refractivity contribution >= 4 is 52.3 Å². The number of halogens is 2. The molecule has 158 valence electrons. The van der Waals surface area contributed by atoms with E-state index in [1.165, 1.54) is 0 Å². The molecule has 1 fully saturated rings. The minimum absolute atomic E-state index is 0.0234. The largest absolute Gasteiger partial charge is 0.342 e. The van der Waals surface area contributed by atoms with Gasteiger partial charge >= 0.3 is 0 Å². The molecule has 1 heterocycles. The average molecular weight is 448 g/mol. The number of carbonyl (C=O) groups excluding carboxylic acids is 3. The van der Waals surface area contributed by atoms with Crippen LogP contribution in [-0.2, 0) is 9.59 Å². The number of anilines is 2. The number of amides is 3. The molecule has 0 radical (unpaired) electrons. The van der Waals surface area contributed by atoms with Crippen LogP contribution in [0.3, 0.4) is 0 Å². The van der Waals surface area contributed by atoms with E-state index >= 15 is 0 Å². The molecule has 1 atom stereocenters. The van der Waals surface area contributed by atoms with E-state index < -0.39 is 0 Å². The van der Waals surface area contributed by atoms with E-state index in [1.54, 1.807) is 47.4 Å². The van der Waals surface area contributed by atoms with E-state index in [-0.39, 0.29) is 35.1 Å². The van der Waals surface area contributed by atoms with E-state index in [1.807, 2.05) is 0 Å². The molecule has 6 nitrogen and oxygen atoms in total. The van der Waals surface area contributed by atoms with Crippen LogP contribution in [0.2, 0.25) is 10.0 Å². The lowest BCUT2D eigenvalue weighted by Gasteiger charge is -2.16. The topological polar surface area (TPSA) is 78.5 Å². The zero-order valence-corrected chi connectivity index (χ0v) is 18.1. The molecule has 0 saturated carbocycles. The van der Waals surface area contributed by atoms with E-state index in [4.69, 9.17) is 23.2 Å². The number of rotatable bonds is 7.